The molecule has 0 spiro atoms. The molecule has 26 heavy (non-hydrogen) atoms. The summed E-state index contributed by atoms with van der Waals surface area (Å²) in [5.74, 6) is 0.691. The molecule has 0 aliphatic carbocycles. The lowest BCUT2D eigenvalue weighted by Gasteiger charge is -2.06. The van der Waals surface area contributed by atoms with E-state index in [0.29, 0.717) is 12.2 Å². The topological polar surface area (TPSA) is 70.9 Å². The molecule has 5 heteroatoms. The Balaban J connectivity index is 1.52. The minimum absolute atomic E-state index is 0.183. The highest BCUT2D eigenvalue weighted by Gasteiger charge is 2.04. The summed E-state index contributed by atoms with van der Waals surface area (Å²) in [5, 5.41) is 13.1. The third-order valence-corrected chi connectivity index (χ3v) is 3.64. The van der Waals surface area contributed by atoms with Crippen molar-refractivity contribution in [3.8, 4) is 11.5 Å². The van der Waals surface area contributed by atoms with Crippen LogP contribution in [0.3, 0.4) is 0 Å². The van der Waals surface area contributed by atoms with Crippen LogP contribution >= 0.6 is 0 Å². The van der Waals surface area contributed by atoms with Crippen molar-refractivity contribution < 1.29 is 14.6 Å². The number of phenolic OH excluding ortho intramolecular Hbond substituents is 1. The minimum atomic E-state index is -0.296. The zero-order valence-electron chi connectivity index (χ0n) is 14.0. The molecule has 0 aliphatic rings. The molecule has 1 amide bonds. The maximum absolute atomic E-state index is 12.1. The molecule has 0 fully saturated rings. The molecule has 130 valence electrons. The lowest BCUT2D eigenvalue weighted by molar-refractivity contribution is 0.0955. The first-order chi connectivity index (χ1) is 12.7. The molecule has 5 nitrogen and oxygen atoms in total. The molecule has 0 radical (unpaired) electrons. The number of rotatable bonds is 6. The van der Waals surface area contributed by atoms with Crippen LogP contribution in [0.1, 0.15) is 21.5 Å². The van der Waals surface area contributed by atoms with Gasteiger partial charge in [-0.2, -0.15) is 5.10 Å². The summed E-state index contributed by atoms with van der Waals surface area (Å²) in [7, 11) is 0. The van der Waals surface area contributed by atoms with E-state index in [1.165, 1.54) is 6.21 Å². The third kappa shape index (κ3) is 4.95. The van der Waals surface area contributed by atoms with Gasteiger partial charge < -0.3 is 9.84 Å². The molecule has 0 saturated carbocycles. The van der Waals surface area contributed by atoms with Gasteiger partial charge in [-0.05, 0) is 59.7 Å². The monoisotopic (exact) mass is 346 g/mol. The standard InChI is InChI=1S/C21H18N2O3/c24-19-12-8-16(9-13-19)14-22-23-21(25)18-10-6-17(7-11-18)15-26-20-4-2-1-3-5-20/h1-14,24H,15H2,(H,23,25)/b22-14+. The Morgan fingerprint density at radius 1 is 0.962 bits per heavy atom. The molecule has 0 aliphatic heterocycles. The number of hydrazone groups is 1. The average Bonchev–Trinajstić information content (AvgIpc) is 2.69. The van der Waals surface area contributed by atoms with Crippen LogP contribution in [0.4, 0.5) is 0 Å². The van der Waals surface area contributed by atoms with Gasteiger partial charge in [-0.1, -0.05) is 30.3 Å². The van der Waals surface area contributed by atoms with Crippen LogP contribution < -0.4 is 10.2 Å². The van der Waals surface area contributed by atoms with Gasteiger partial charge >= 0.3 is 0 Å². The molecule has 0 bridgehead atoms. The highest BCUT2D eigenvalue weighted by Crippen LogP contribution is 2.12. The molecule has 2 N–H and O–H groups in total. The number of nitrogens with one attached hydrogen (secondary N) is 1. The van der Waals surface area contributed by atoms with E-state index in [9.17, 15) is 9.90 Å². The van der Waals surface area contributed by atoms with Crippen LogP contribution in [0, 0.1) is 0 Å². The molecule has 0 saturated heterocycles. The fraction of sp³-hybridized carbons (Fsp3) is 0.0476. The molecular weight excluding hydrogens is 328 g/mol. The first-order valence-electron chi connectivity index (χ1n) is 8.10. The Bertz CT molecular complexity index is 873. The van der Waals surface area contributed by atoms with Crippen molar-refractivity contribution in [2.24, 2.45) is 5.10 Å². The van der Waals surface area contributed by atoms with Gasteiger partial charge in [0, 0.05) is 5.56 Å². The van der Waals surface area contributed by atoms with Gasteiger partial charge in [0.2, 0.25) is 0 Å². The van der Waals surface area contributed by atoms with E-state index in [4.69, 9.17) is 4.74 Å². The summed E-state index contributed by atoms with van der Waals surface area (Å²) in [4.78, 5) is 12.1. The van der Waals surface area contributed by atoms with Gasteiger partial charge in [0.25, 0.3) is 5.91 Å². The summed E-state index contributed by atoms with van der Waals surface area (Å²) in [5.41, 5.74) is 4.73. The quantitative estimate of drug-likeness (QED) is 0.528. The van der Waals surface area contributed by atoms with Gasteiger partial charge in [-0.3, -0.25) is 4.79 Å². The number of hydrogen-bond donors (Lipinski definition) is 2. The lowest BCUT2D eigenvalue weighted by Crippen LogP contribution is -2.17. The van der Waals surface area contributed by atoms with E-state index in [-0.39, 0.29) is 11.7 Å². The van der Waals surface area contributed by atoms with Gasteiger partial charge in [0.15, 0.2) is 0 Å². The Kier molecular flexibility index (Phi) is 5.62. The van der Waals surface area contributed by atoms with Crippen LogP contribution in [0.25, 0.3) is 0 Å². The fourth-order valence-electron chi connectivity index (χ4n) is 2.23. The average molecular weight is 346 g/mol. The van der Waals surface area contributed by atoms with Gasteiger partial charge in [-0.15, -0.1) is 0 Å². The summed E-state index contributed by atoms with van der Waals surface area (Å²) in [6.45, 7) is 0.435. The highest BCUT2D eigenvalue weighted by molar-refractivity contribution is 5.94. The Morgan fingerprint density at radius 3 is 2.35 bits per heavy atom. The van der Waals surface area contributed by atoms with Crippen molar-refractivity contribution in [1.82, 2.24) is 5.43 Å². The number of hydrogen-bond acceptors (Lipinski definition) is 4. The Hall–Kier alpha value is -3.60. The summed E-state index contributed by atoms with van der Waals surface area (Å²) in [6.07, 6.45) is 1.51. The predicted molar refractivity (Wildman–Crippen MR) is 100 cm³/mol. The fourth-order valence-corrected chi connectivity index (χ4v) is 2.23. The summed E-state index contributed by atoms with van der Waals surface area (Å²) >= 11 is 0. The smallest absolute Gasteiger partial charge is 0.271 e. The highest BCUT2D eigenvalue weighted by atomic mass is 16.5. The molecule has 0 unspecified atom stereocenters. The van der Waals surface area contributed by atoms with Crippen LogP contribution in [-0.4, -0.2) is 17.2 Å². The van der Waals surface area contributed by atoms with Crippen molar-refractivity contribution >= 4 is 12.1 Å². The maximum atomic E-state index is 12.1. The number of phenols is 1. The number of aromatic hydroxyl groups is 1. The second kappa shape index (κ2) is 8.48. The molecule has 3 aromatic carbocycles. The zero-order chi connectivity index (χ0) is 18.2. The van der Waals surface area contributed by atoms with Gasteiger partial charge in [0.05, 0.1) is 6.21 Å². The molecule has 0 heterocycles. The molecule has 0 aromatic heterocycles. The number of nitrogens with zero attached hydrogens (tertiary/aromatic N) is 1. The second-order valence-electron chi connectivity index (χ2n) is 5.59. The number of benzene rings is 3. The zero-order valence-corrected chi connectivity index (χ0v) is 14.0. The first kappa shape index (κ1) is 17.2. The molecule has 3 aromatic rings. The van der Waals surface area contributed by atoms with E-state index >= 15 is 0 Å². The SMILES string of the molecule is O=C(N/N=C/c1ccc(O)cc1)c1ccc(COc2ccccc2)cc1. The predicted octanol–water partition coefficient (Wildman–Crippen LogP) is 3.74. The van der Waals surface area contributed by atoms with Crippen molar-refractivity contribution in [2.75, 3.05) is 0 Å². The van der Waals surface area contributed by atoms with E-state index in [1.807, 2.05) is 42.5 Å². The largest absolute Gasteiger partial charge is 0.508 e. The number of para-hydroxylation sites is 1. The number of ether oxygens (including phenoxy) is 1. The van der Waals surface area contributed by atoms with Gasteiger partial charge in [0.1, 0.15) is 18.1 Å². The molecule has 3 rings (SSSR count). The Labute approximate surface area is 151 Å². The Morgan fingerprint density at radius 2 is 1.65 bits per heavy atom. The van der Waals surface area contributed by atoms with Gasteiger partial charge in [-0.25, -0.2) is 5.43 Å². The van der Waals surface area contributed by atoms with Crippen LogP contribution in [0.2, 0.25) is 0 Å². The maximum Gasteiger partial charge on any atom is 0.271 e. The summed E-state index contributed by atoms with van der Waals surface area (Å²) in [6, 6.07) is 23.2. The summed E-state index contributed by atoms with van der Waals surface area (Å²) < 4.78 is 5.67. The number of carbonyl (C=O) groups is 1. The lowest BCUT2D eigenvalue weighted by atomic mass is 10.1. The van der Waals surface area contributed by atoms with E-state index in [0.717, 1.165) is 16.9 Å². The van der Waals surface area contributed by atoms with Crippen LogP contribution in [0.5, 0.6) is 11.5 Å². The van der Waals surface area contributed by atoms with Crippen LogP contribution in [-0.2, 0) is 6.61 Å². The van der Waals surface area contributed by atoms with E-state index in [2.05, 4.69) is 10.5 Å². The van der Waals surface area contributed by atoms with E-state index < -0.39 is 0 Å². The second-order valence-corrected chi connectivity index (χ2v) is 5.59. The number of amides is 1. The van der Waals surface area contributed by atoms with Crippen molar-refractivity contribution in [3.05, 3.63) is 95.6 Å². The minimum Gasteiger partial charge on any atom is -0.508 e. The first-order valence-corrected chi connectivity index (χ1v) is 8.10. The normalized spacial score (nSPS) is 10.6. The van der Waals surface area contributed by atoms with E-state index in [1.54, 1.807) is 36.4 Å². The molecular formula is C21H18N2O3. The third-order valence-electron chi connectivity index (χ3n) is 3.64. The van der Waals surface area contributed by atoms with Crippen molar-refractivity contribution in [1.29, 1.82) is 0 Å². The van der Waals surface area contributed by atoms with Crippen molar-refractivity contribution in [2.45, 2.75) is 6.61 Å². The van der Waals surface area contributed by atoms with Crippen LogP contribution in [0.15, 0.2) is 84.0 Å². The van der Waals surface area contributed by atoms with Crippen molar-refractivity contribution in [3.63, 3.8) is 0 Å². The molecule has 0 atom stereocenters. The number of carbonyl (C=O) groups excluding carboxylic acids is 1.